The van der Waals surface area contributed by atoms with Crippen molar-refractivity contribution in [2.24, 2.45) is 0 Å². The standard InChI is InChI=1S/C14H17NO5/c1-2-19-14(18)12-9-15(8-7-13(16)17)10-5-3-4-6-11(10)20-12/h3-6,12H,2,7-9H2,1H3,(H,16,17). The molecule has 1 heterocycles. The quantitative estimate of drug-likeness (QED) is 0.819. The lowest BCUT2D eigenvalue weighted by atomic mass is 10.1. The Labute approximate surface area is 116 Å². The third kappa shape index (κ3) is 3.20. The lowest BCUT2D eigenvalue weighted by Crippen LogP contribution is -2.45. The Bertz CT molecular complexity index is 502. The zero-order valence-electron chi connectivity index (χ0n) is 11.2. The maximum absolute atomic E-state index is 11.8. The average molecular weight is 279 g/mol. The van der Waals surface area contributed by atoms with Gasteiger partial charge in [-0.25, -0.2) is 4.79 Å². The van der Waals surface area contributed by atoms with Crippen LogP contribution in [0.3, 0.4) is 0 Å². The SMILES string of the molecule is CCOC(=O)C1CN(CCC(=O)O)c2ccccc2O1. The molecule has 2 rings (SSSR count). The van der Waals surface area contributed by atoms with Crippen LogP contribution in [0.15, 0.2) is 24.3 Å². The van der Waals surface area contributed by atoms with Gasteiger partial charge < -0.3 is 19.5 Å². The molecule has 108 valence electrons. The van der Waals surface area contributed by atoms with Crippen LogP contribution in [0.25, 0.3) is 0 Å². The molecule has 0 aromatic heterocycles. The lowest BCUT2D eigenvalue weighted by Gasteiger charge is -2.34. The number of para-hydroxylation sites is 2. The van der Waals surface area contributed by atoms with Crippen molar-refractivity contribution in [2.75, 3.05) is 24.6 Å². The molecule has 6 heteroatoms. The van der Waals surface area contributed by atoms with E-state index in [4.69, 9.17) is 14.6 Å². The van der Waals surface area contributed by atoms with Gasteiger partial charge in [0.25, 0.3) is 0 Å². The molecule has 0 amide bonds. The van der Waals surface area contributed by atoms with Crippen LogP contribution in [0.4, 0.5) is 5.69 Å². The third-order valence-corrected chi connectivity index (χ3v) is 3.01. The first-order valence-electron chi connectivity index (χ1n) is 6.51. The molecular weight excluding hydrogens is 262 g/mol. The van der Waals surface area contributed by atoms with Gasteiger partial charge in [0.1, 0.15) is 5.75 Å². The molecule has 1 atom stereocenters. The topological polar surface area (TPSA) is 76.1 Å². The van der Waals surface area contributed by atoms with Crippen molar-refractivity contribution in [1.82, 2.24) is 0 Å². The molecule has 1 aromatic carbocycles. The minimum atomic E-state index is -0.873. The maximum atomic E-state index is 11.8. The van der Waals surface area contributed by atoms with Crippen molar-refractivity contribution >= 4 is 17.6 Å². The minimum Gasteiger partial charge on any atom is -0.481 e. The average Bonchev–Trinajstić information content (AvgIpc) is 2.44. The van der Waals surface area contributed by atoms with Gasteiger partial charge in [0, 0.05) is 6.54 Å². The first-order valence-corrected chi connectivity index (χ1v) is 6.51. The van der Waals surface area contributed by atoms with Gasteiger partial charge >= 0.3 is 11.9 Å². The van der Waals surface area contributed by atoms with E-state index in [2.05, 4.69) is 0 Å². The Hall–Kier alpha value is -2.24. The number of aliphatic carboxylic acids is 1. The summed E-state index contributed by atoms with van der Waals surface area (Å²) < 4.78 is 10.6. The predicted molar refractivity (Wildman–Crippen MR) is 72.0 cm³/mol. The Morgan fingerprint density at radius 2 is 2.20 bits per heavy atom. The maximum Gasteiger partial charge on any atom is 0.349 e. The molecule has 6 nitrogen and oxygen atoms in total. The van der Waals surface area contributed by atoms with Crippen molar-refractivity contribution in [3.05, 3.63) is 24.3 Å². The monoisotopic (exact) mass is 279 g/mol. The second kappa shape index (κ2) is 6.27. The number of esters is 1. The van der Waals surface area contributed by atoms with E-state index < -0.39 is 18.0 Å². The van der Waals surface area contributed by atoms with Crippen molar-refractivity contribution in [1.29, 1.82) is 0 Å². The van der Waals surface area contributed by atoms with Crippen LogP contribution in [0, 0.1) is 0 Å². The number of anilines is 1. The Morgan fingerprint density at radius 1 is 1.45 bits per heavy atom. The number of hydrogen-bond donors (Lipinski definition) is 1. The van der Waals surface area contributed by atoms with E-state index in [9.17, 15) is 9.59 Å². The molecule has 0 spiro atoms. The highest BCUT2D eigenvalue weighted by Gasteiger charge is 2.31. The number of carbonyl (C=O) groups excluding carboxylic acids is 1. The largest absolute Gasteiger partial charge is 0.481 e. The fourth-order valence-electron chi connectivity index (χ4n) is 2.11. The van der Waals surface area contributed by atoms with E-state index in [0.717, 1.165) is 5.69 Å². The summed E-state index contributed by atoms with van der Waals surface area (Å²) in [5.41, 5.74) is 0.800. The van der Waals surface area contributed by atoms with Crippen molar-refractivity contribution in [3.63, 3.8) is 0 Å². The number of benzene rings is 1. The number of carboxylic acids is 1. The van der Waals surface area contributed by atoms with Gasteiger partial charge in [0.2, 0.25) is 6.10 Å². The minimum absolute atomic E-state index is 0.00385. The second-order valence-electron chi connectivity index (χ2n) is 4.42. The zero-order chi connectivity index (χ0) is 14.5. The summed E-state index contributed by atoms with van der Waals surface area (Å²) in [6.45, 7) is 2.64. The smallest absolute Gasteiger partial charge is 0.349 e. The number of nitrogens with zero attached hydrogens (tertiary/aromatic N) is 1. The van der Waals surface area contributed by atoms with Gasteiger partial charge in [0.15, 0.2) is 0 Å². The van der Waals surface area contributed by atoms with Gasteiger partial charge in [0.05, 0.1) is 25.3 Å². The first-order chi connectivity index (χ1) is 9.61. The molecule has 1 aliphatic heterocycles. The molecule has 0 bridgehead atoms. The van der Waals surface area contributed by atoms with E-state index in [1.807, 2.05) is 23.1 Å². The molecule has 0 radical (unpaired) electrons. The summed E-state index contributed by atoms with van der Waals surface area (Å²) >= 11 is 0. The van der Waals surface area contributed by atoms with Gasteiger partial charge in [-0.15, -0.1) is 0 Å². The normalized spacial score (nSPS) is 17.1. The van der Waals surface area contributed by atoms with Crippen molar-refractivity contribution in [3.8, 4) is 5.75 Å². The fourth-order valence-corrected chi connectivity index (χ4v) is 2.11. The number of fused-ring (bicyclic) bond motifs is 1. The summed E-state index contributed by atoms with van der Waals surface area (Å²) in [5, 5.41) is 8.80. The second-order valence-corrected chi connectivity index (χ2v) is 4.42. The van der Waals surface area contributed by atoms with Gasteiger partial charge in [-0.05, 0) is 19.1 Å². The summed E-state index contributed by atoms with van der Waals surface area (Å²) in [4.78, 5) is 24.4. The molecule has 1 N–H and O–H groups in total. The number of carboxylic acid groups (broad SMARTS) is 1. The Balaban J connectivity index is 2.17. The highest BCUT2D eigenvalue weighted by molar-refractivity contribution is 5.78. The molecule has 1 unspecified atom stereocenters. The van der Waals surface area contributed by atoms with Crippen LogP contribution >= 0.6 is 0 Å². The van der Waals surface area contributed by atoms with E-state index in [1.165, 1.54) is 0 Å². The van der Waals surface area contributed by atoms with Crippen LogP contribution in [-0.2, 0) is 14.3 Å². The Kier molecular flexibility index (Phi) is 4.45. The van der Waals surface area contributed by atoms with Crippen LogP contribution in [0.1, 0.15) is 13.3 Å². The number of carbonyl (C=O) groups is 2. The van der Waals surface area contributed by atoms with Crippen molar-refractivity contribution in [2.45, 2.75) is 19.4 Å². The van der Waals surface area contributed by atoms with E-state index in [1.54, 1.807) is 13.0 Å². The predicted octanol–water partition coefficient (Wildman–Crippen LogP) is 1.29. The van der Waals surface area contributed by atoms with E-state index >= 15 is 0 Å². The first kappa shape index (κ1) is 14.2. The van der Waals surface area contributed by atoms with Crippen LogP contribution in [0.5, 0.6) is 5.75 Å². The van der Waals surface area contributed by atoms with E-state index in [0.29, 0.717) is 18.8 Å². The van der Waals surface area contributed by atoms with Gasteiger partial charge in [-0.3, -0.25) is 4.79 Å². The highest BCUT2D eigenvalue weighted by atomic mass is 16.6. The van der Waals surface area contributed by atoms with Crippen molar-refractivity contribution < 1.29 is 24.2 Å². The van der Waals surface area contributed by atoms with Crippen LogP contribution in [-0.4, -0.2) is 42.8 Å². The number of hydrogen-bond acceptors (Lipinski definition) is 5. The zero-order valence-corrected chi connectivity index (χ0v) is 11.2. The molecule has 0 aliphatic carbocycles. The Morgan fingerprint density at radius 3 is 2.90 bits per heavy atom. The fraction of sp³-hybridized carbons (Fsp3) is 0.429. The summed E-state index contributed by atoms with van der Waals surface area (Å²) in [7, 11) is 0. The molecule has 1 aliphatic rings. The number of ether oxygens (including phenoxy) is 2. The molecule has 1 aromatic rings. The van der Waals surface area contributed by atoms with Crippen LogP contribution < -0.4 is 9.64 Å². The third-order valence-electron chi connectivity index (χ3n) is 3.01. The summed E-state index contributed by atoms with van der Waals surface area (Å²) in [5.74, 6) is -0.730. The molecule has 20 heavy (non-hydrogen) atoms. The molecule has 0 saturated heterocycles. The van der Waals surface area contributed by atoms with Gasteiger partial charge in [-0.1, -0.05) is 12.1 Å². The van der Waals surface area contributed by atoms with Gasteiger partial charge in [-0.2, -0.15) is 0 Å². The number of rotatable bonds is 5. The molecule has 0 saturated carbocycles. The highest BCUT2D eigenvalue weighted by Crippen LogP contribution is 2.33. The van der Waals surface area contributed by atoms with Crippen LogP contribution in [0.2, 0.25) is 0 Å². The lowest BCUT2D eigenvalue weighted by molar-refractivity contribution is -0.151. The van der Waals surface area contributed by atoms with E-state index in [-0.39, 0.29) is 13.0 Å². The summed E-state index contributed by atoms with van der Waals surface area (Å²) in [6, 6.07) is 7.26. The molecular formula is C14H17NO5. The molecule has 0 fully saturated rings. The summed E-state index contributed by atoms with van der Waals surface area (Å²) in [6.07, 6.45) is -0.720.